The summed E-state index contributed by atoms with van der Waals surface area (Å²) in [6.07, 6.45) is 11.9. The lowest BCUT2D eigenvalue weighted by Crippen LogP contribution is -2.44. The van der Waals surface area contributed by atoms with E-state index in [2.05, 4.69) is 104 Å². The number of thiophene rings is 4. The highest BCUT2D eigenvalue weighted by Gasteiger charge is 2.43. The SMILES string of the molecule is COC1(C)CC(COc2ccc(C)c3nc(-c4sc5ccccc5c4C)cc(C(=O)O)c23)C1.COC1(C)CC(COc2ccc(C)c3nc(-c4sc5ccccc5c4C)cc(C(=O)O)c23)C1.COC1(C)CCC(COc2ccc(C)c3nc(-c4sc5ccccc5c4C)cc(C(=O)O)c23)CC1.COC1(C)CCC(COc2ccc(C)c3nc(-c4sc5ccccc5c4C)cc(C(=O)O)c23)CC1. The number of hydrogen-bond donors (Lipinski definition) is 4. The lowest BCUT2D eigenvalue weighted by Gasteiger charge is -2.43. The fourth-order valence-electron chi connectivity index (χ4n) is 20.1. The zero-order chi connectivity index (χ0) is 96.1. The monoisotopic (exact) mass is 1900 g/mol. The molecule has 4 fully saturated rings. The molecule has 8 aromatic heterocycles. The zero-order valence-electron chi connectivity index (χ0n) is 79.9. The van der Waals surface area contributed by atoms with Gasteiger partial charge >= 0.3 is 23.9 Å². The number of pyridine rings is 4. The maximum atomic E-state index is 12.4. The second-order valence-corrected chi connectivity index (χ2v) is 42.6. The van der Waals surface area contributed by atoms with Crippen LogP contribution in [0.3, 0.4) is 0 Å². The number of aromatic carboxylic acids is 4. The van der Waals surface area contributed by atoms with Crippen LogP contribution >= 0.6 is 45.3 Å². The quantitative estimate of drug-likeness (QED) is 0.0437. The molecule has 0 amide bonds. The Morgan fingerprint density at radius 2 is 0.522 bits per heavy atom. The van der Waals surface area contributed by atoms with Crippen LogP contribution in [0.15, 0.2) is 170 Å². The lowest BCUT2D eigenvalue weighted by molar-refractivity contribution is -0.0992. The number of methoxy groups -OCH3 is 4. The number of ether oxygens (including phenoxy) is 8. The average Bonchev–Trinajstić information content (AvgIpc) is 1.60. The molecular weight excluding hydrogens is 1790 g/mol. The van der Waals surface area contributed by atoms with E-state index >= 15 is 0 Å². The van der Waals surface area contributed by atoms with Crippen LogP contribution < -0.4 is 18.9 Å². The molecule has 4 aliphatic carbocycles. The topological polar surface area (TPSA) is 275 Å². The zero-order valence-corrected chi connectivity index (χ0v) is 83.2. The van der Waals surface area contributed by atoms with Crippen LogP contribution in [0.2, 0.25) is 0 Å². The molecule has 4 aliphatic rings. The Balaban J connectivity index is 0.000000126. The molecular formula is C112H116N4O16S4. The van der Waals surface area contributed by atoms with E-state index in [4.69, 9.17) is 57.8 Å². The Labute approximate surface area is 808 Å². The van der Waals surface area contributed by atoms with Gasteiger partial charge in [0.05, 0.1) is 157 Å². The third-order valence-electron chi connectivity index (χ3n) is 28.8. The highest BCUT2D eigenvalue weighted by atomic mass is 32.1. The molecule has 8 heterocycles. The van der Waals surface area contributed by atoms with Crippen molar-refractivity contribution in [2.24, 2.45) is 23.7 Å². The first-order chi connectivity index (χ1) is 65.2. The smallest absolute Gasteiger partial charge is 0.336 e. The number of aromatic nitrogens is 4. The molecule has 16 aromatic rings. The van der Waals surface area contributed by atoms with Crippen molar-refractivity contribution >= 4 is 153 Å². The first-order valence-electron chi connectivity index (χ1n) is 46.5. The van der Waals surface area contributed by atoms with Gasteiger partial charge < -0.3 is 58.3 Å². The number of rotatable bonds is 24. The van der Waals surface area contributed by atoms with Crippen molar-refractivity contribution in [3.8, 4) is 65.3 Å². The number of carboxylic acids is 4. The molecule has 0 aliphatic heterocycles. The van der Waals surface area contributed by atoms with Crippen LogP contribution in [-0.2, 0) is 18.9 Å². The number of carbonyl (C=O) groups is 4. The van der Waals surface area contributed by atoms with Crippen LogP contribution in [0, 0.1) is 79.1 Å². The molecule has 20 rings (SSSR count). The molecule has 4 N–H and O–H groups in total. The molecule has 0 atom stereocenters. The van der Waals surface area contributed by atoms with Gasteiger partial charge in [-0.15, -0.1) is 45.3 Å². The highest BCUT2D eigenvalue weighted by Crippen LogP contribution is 2.50. The summed E-state index contributed by atoms with van der Waals surface area (Å²) in [5.41, 5.74) is 14.4. The van der Waals surface area contributed by atoms with Crippen molar-refractivity contribution in [3.05, 3.63) is 237 Å². The summed E-state index contributed by atoms with van der Waals surface area (Å²) >= 11 is 6.59. The molecule has 704 valence electrons. The minimum absolute atomic E-state index is 0.0470. The van der Waals surface area contributed by atoms with Gasteiger partial charge in [0.25, 0.3) is 0 Å². The Morgan fingerprint density at radius 3 is 0.728 bits per heavy atom. The van der Waals surface area contributed by atoms with Gasteiger partial charge in [0.15, 0.2) is 0 Å². The predicted octanol–water partition coefficient (Wildman–Crippen LogP) is 28.1. The molecule has 4 saturated carbocycles. The average molecular weight is 1900 g/mol. The number of aryl methyl sites for hydroxylation is 8. The molecule has 8 aromatic carbocycles. The van der Waals surface area contributed by atoms with Crippen molar-refractivity contribution in [1.29, 1.82) is 0 Å². The van der Waals surface area contributed by atoms with E-state index in [9.17, 15) is 39.6 Å². The minimum Gasteiger partial charge on any atom is -0.493 e. The number of benzene rings is 8. The van der Waals surface area contributed by atoms with E-state index in [1.165, 1.54) is 40.3 Å². The normalized spacial score (nSPS) is 20.3. The lowest BCUT2D eigenvalue weighted by atomic mass is 9.72. The number of carboxylic acid groups (broad SMARTS) is 4. The summed E-state index contributed by atoms with van der Waals surface area (Å²) in [5, 5.41) is 47.6. The van der Waals surface area contributed by atoms with E-state index in [0.29, 0.717) is 139 Å². The van der Waals surface area contributed by atoms with Gasteiger partial charge in [0.1, 0.15) is 23.0 Å². The van der Waals surface area contributed by atoms with E-state index in [1.54, 1.807) is 98.1 Å². The van der Waals surface area contributed by atoms with Crippen molar-refractivity contribution in [2.45, 2.75) is 183 Å². The van der Waals surface area contributed by atoms with E-state index < -0.39 is 23.9 Å². The molecule has 20 nitrogen and oxygen atoms in total. The van der Waals surface area contributed by atoms with Crippen molar-refractivity contribution < 1.29 is 77.5 Å². The summed E-state index contributed by atoms with van der Waals surface area (Å²) in [6, 6.07) is 55.1. The summed E-state index contributed by atoms with van der Waals surface area (Å²) in [4.78, 5) is 73.4. The number of hydrogen-bond acceptors (Lipinski definition) is 20. The van der Waals surface area contributed by atoms with Crippen LogP contribution in [0.25, 0.3) is 126 Å². The molecule has 0 unspecified atom stereocenters. The van der Waals surface area contributed by atoms with Crippen LogP contribution in [-0.4, -0.2) is 142 Å². The Morgan fingerprint density at radius 1 is 0.309 bits per heavy atom. The Bertz CT molecular complexity index is 6890. The highest BCUT2D eigenvalue weighted by molar-refractivity contribution is 7.23. The van der Waals surface area contributed by atoms with Gasteiger partial charge in [-0.2, -0.15) is 0 Å². The minimum atomic E-state index is -0.978. The Hall–Kier alpha value is -11.8. The third-order valence-corrected chi connectivity index (χ3v) is 34.0. The van der Waals surface area contributed by atoms with Crippen LogP contribution in [0.4, 0.5) is 0 Å². The van der Waals surface area contributed by atoms with Gasteiger partial charge in [0.2, 0.25) is 0 Å². The number of fused-ring (bicyclic) bond motifs is 8. The summed E-state index contributed by atoms with van der Waals surface area (Å²) in [7, 11) is 7.05. The molecule has 136 heavy (non-hydrogen) atoms. The Kier molecular flexibility index (Phi) is 27.7. The second kappa shape index (κ2) is 39.3. The standard InChI is InChI=1S/2C29H31NO4S.2C27H27NO4S/c2*1-17-9-10-23(34-16-19-11-13-29(3,33-4)14-12-19)25-21(28(31)32)15-22(30-26(17)25)27-18(2)20-7-5-6-8-24(20)35-27;2*1-15-9-10-21(32-14-17-12-27(3,13-17)31-4)23-19(26(29)30)11-20(28-24(15)23)25-16(2)18-7-5-6-8-22(18)33-25/h2*5-10,15,19H,11-14,16H2,1-4H3,(H,31,32);2*5-11,17H,12-14H2,1-4H3,(H,29,30). The second-order valence-electron chi connectivity index (χ2n) is 38.4. The largest absolute Gasteiger partial charge is 0.493 e. The van der Waals surface area contributed by atoms with Gasteiger partial charge in [-0.25, -0.2) is 39.1 Å². The van der Waals surface area contributed by atoms with Gasteiger partial charge in [0, 0.05) is 47.2 Å². The fraction of sp³-hybridized carbons (Fsp3) is 0.357. The molecule has 0 saturated heterocycles. The summed E-state index contributed by atoms with van der Waals surface area (Å²) in [5.74, 6) is 0.0842. The van der Waals surface area contributed by atoms with Crippen molar-refractivity contribution in [3.63, 3.8) is 0 Å². The number of nitrogens with zero attached hydrogens (tertiary/aromatic N) is 4. The van der Waals surface area contributed by atoms with E-state index in [-0.39, 0.29) is 44.7 Å². The van der Waals surface area contributed by atoms with E-state index in [0.717, 1.165) is 141 Å². The first-order valence-corrected chi connectivity index (χ1v) is 49.8. The van der Waals surface area contributed by atoms with E-state index in [1.807, 2.05) is 125 Å². The van der Waals surface area contributed by atoms with Crippen molar-refractivity contribution in [2.75, 3.05) is 54.9 Å². The summed E-state index contributed by atoms with van der Waals surface area (Å²) < 4.78 is 52.0. The fourth-order valence-corrected chi connectivity index (χ4v) is 24.8. The molecule has 0 radical (unpaired) electrons. The summed E-state index contributed by atoms with van der Waals surface area (Å²) in [6.45, 7) is 26.9. The van der Waals surface area contributed by atoms with Gasteiger partial charge in [-0.1, -0.05) is 97.1 Å². The first kappa shape index (κ1) is 95.9. The van der Waals surface area contributed by atoms with Gasteiger partial charge in [-0.3, -0.25) is 0 Å². The molecule has 24 heteroatoms. The van der Waals surface area contributed by atoms with Crippen LogP contribution in [0.5, 0.6) is 23.0 Å². The predicted molar refractivity (Wildman–Crippen MR) is 549 cm³/mol. The molecule has 0 bridgehead atoms. The maximum absolute atomic E-state index is 12.4. The maximum Gasteiger partial charge on any atom is 0.336 e. The van der Waals surface area contributed by atoms with Crippen LogP contribution in [0.1, 0.15) is 191 Å². The van der Waals surface area contributed by atoms with Crippen molar-refractivity contribution in [1.82, 2.24) is 19.9 Å². The third kappa shape index (κ3) is 19.4. The van der Waals surface area contributed by atoms with Gasteiger partial charge in [-0.05, 0) is 323 Å². The molecule has 0 spiro atoms.